The number of thioether (sulfide) groups is 1. The van der Waals surface area contributed by atoms with Gasteiger partial charge in [0.2, 0.25) is 11.1 Å². The maximum Gasteiger partial charge on any atom is 0.240 e. The number of amides is 1. The lowest BCUT2D eigenvalue weighted by molar-refractivity contribution is -0.118. The molecule has 0 N–H and O–H groups in total. The van der Waals surface area contributed by atoms with E-state index in [2.05, 4.69) is 28.5 Å². The topological polar surface area (TPSA) is 63.9 Å². The van der Waals surface area contributed by atoms with Gasteiger partial charge in [-0.15, -0.1) is 5.10 Å². The first-order chi connectivity index (χ1) is 10.6. The Labute approximate surface area is 133 Å². The van der Waals surface area contributed by atoms with E-state index in [4.69, 9.17) is 0 Å². The highest BCUT2D eigenvalue weighted by Crippen LogP contribution is 2.34. The second-order valence-corrected chi connectivity index (χ2v) is 6.74. The number of rotatable bonds is 4. The molecule has 0 unspecified atom stereocenters. The van der Waals surface area contributed by atoms with Crippen molar-refractivity contribution in [1.82, 2.24) is 20.2 Å². The van der Waals surface area contributed by atoms with Crippen LogP contribution in [0, 0.1) is 0 Å². The number of hydrogen-bond acceptors (Lipinski definition) is 5. The van der Waals surface area contributed by atoms with Gasteiger partial charge in [-0.25, -0.2) is 4.68 Å². The molecular formula is C15H19N5OS. The van der Waals surface area contributed by atoms with Crippen molar-refractivity contribution in [3.63, 3.8) is 0 Å². The van der Waals surface area contributed by atoms with E-state index in [0.717, 1.165) is 12.1 Å². The molecule has 0 radical (unpaired) electrons. The molecule has 1 aromatic carbocycles. The molecule has 0 bridgehead atoms. The van der Waals surface area contributed by atoms with Crippen LogP contribution in [0.25, 0.3) is 0 Å². The molecule has 1 aliphatic rings. The molecule has 0 fully saturated rings. The standard InChI is InChI=1S/C15H19N5OS/c1-4-19-15(16-17-18-19)22-11(3)14(21)20-10(2)9-12-7-5-6-8-13(12)20/h5-8,10-11H,4,9H2,1-3H3/t10-,11+/m1/s1. The first-order valence-corrected chi connectivity index (χ1v) is 8.33. The number of hydrogen-bond donors (Lipinski definition) is 0. The SMILES string of the molecule is CCn1nnnc1S[C@@H](C)C(=O)N1c2ccccc2C[C@H]1C. The summed E-state index contributed by atoms with van der Waals surface area (Å²) in [7, 11) is 0. The lowest BCUT2D eigenvalue weighted by atomic mass is 10.1. The van der Waals surface area contributed by atoms with Crippen molar-refractivity contribution in [2.24, 2.45) is 0 Å². The Morgan fingerprint density at radius 3 is 3.00 bits per heavy atom. The Kier molecular flexibility index (Phi) is 4.15. The summed E-state index contributed by atoms with van der Waals surface area (Å²) in [5.41, 5.74) is 2.27. The summed E-state index contributed by atoms with van der Waals surface area (Å²) in [5.74, 6) is 0.105. The van der Waals surface area contributed by atoms with Crippen LogP contribution in [0.15, 0.2) is 29.4 Å². The third kappa shape index (κ3) is 2.61. The number of carbonyl (C=O) groups excluding carboxylic acids is 1. The number of tetrazole rings is 1. The first kappa shape index (κ1) is 15.0. The molecule has 7 heteroatoms. The van der Waals surface area contributed by atoms with Crippen molar-refractivity contribution in [3.8, 4) is 0 Å². The number of fused-ring (bicyclic) bond motifs is 1. The van der Waals surface area contributed by atoms with Gasteiger partial charge in [-0.05, 0) is 49.2 Å². The molecule has 0 saturated heterocycles. The Morgan fingerprint density at radius 1 is 1.45 bits per heavy atom. The highest BCUT2D eigenvalue weighted by atomic mass is 32.2. The highest BCUT2D eigenvalue weighted by Gasteiger charge is 2.33. The molecule has 1 aromatic heterocycles. The van der Waals surface area contributed by atoms with Gasteiger partial charge in [-0.3, -0.25) is 4.79 Å². The van der Waals surface area contributed by atoms with E-state index in [-0.39, 0.29) is 17.2 Å². The fourth-order valence-corrected chi connectivity index (χ4v) is 3.69. The summed E-state index contributed by atoms with van der Waals surface area (Å²) in [4.78, 5) is 14.8. The summed E-state index contributed by atoms with van der Waals surface area (Å²) in [5, 5.41) is 12.0. The van der Waals surface area contributed by atoms with Crippen molar-refractivity contribution >= 4 is 23.4 Å². The number of aromatic nitrogens is 4. The smallest absolute Gasteiger partial charge is 0.240 e. The number of aryl methyl sites for hydroxylation is 1. The third-order valence-electron chi connectivity index (χ3n) is 3.87. The molecule has 22 heavy (non-hydrogen) atoms. The monoisotopic (exact) mass is 317 g/mol. The molecule has 3 rings (SSSR count). The van der Waals surface area contributed by atoms with Crippen LogP contribution in [0.1, 0.15) is 26.3 Å². The van der Waals surface area contributed by atoms with Crippen LogP contribution in [0.4, 0.5) is 5.69 Å². The summed E-state index contributed by atoms with van der Waals surface area (Å²) in [6, 6.07) is 8.30. The summed E-state index contributed by atoms with van der Waals surface area (Å²) < 4.78 is 1.70. The van der Waals surface area contributed by atoms with Crippen LogP contribution >= 0.6 is 11.8 Å². The van der Waals surface area contributed by atoms with Crippen molar-refractivity contribution in [2.75, 3.05) is 4.90 Å². The Hall–Kier alpha value is -1.89. The maximum atomic E-state index is 12.9. The van der Waals surface area contributed by atoms with Crippen LogP contribution < -0.4 is 4.90 Å². The predicted octanol–water partition coefficient (Wildman–Crippen LogP) is 2.15. The van der Waals surface area contributed by atoms with Gasteiger partial charge in [-0.2, -0.15) is 0 Å². The van der Waals surface area contributed by atoms with Gasteiger partial charge in [-0.1, -0.05) is 30.0 Å². The van der Waals surface area contributed by atoms with E-state index in [1.807, 2.05) is 36.9 Å². The number of nitrogens with zero attached hydrogens (tertiary/aromatic N) is 5. The van der Waals surface area contributed by atoms with Crippen LogP contribution in [0.3, 0.4) is 0 Å². The molecule has 2 atom stereocenters. The van der Waals surface area contributed by atoms with Crippen LogP contribution in [-0.4, -0.2) is 37.4 Å². The molecule has 2 aromatic rings. The fourth-order valence-electron chi connectivity index (χ4n) is 2.79. The molecular weight excluding hydrogens is 298 g/mol. The number of benzene rings is 1. The van der Waals surface area contributed by atoms with Crippen LogP contribution in [0.5, 0.6) is 0 Å². The summed E-state index contributed by atoms with van der Waals surface area (Å²) in [6.45, 7) is 6.67. The Balaban J connectivity index is 1.79. The fraction of sp³-hybridized carbons (Fsp3) is 0.467. The van der Waals surface area contributed by atoms with Gasteiger partial charge in [0, 0.05) is 18.3 Å². The van der Waals surface area contributed by atoms with E-state index in [0.29, 0.717) is 11.7 Å². The normalized spacial score (nSPS) is 18.3. The zero-order valence-corrected chi connectivity index (χ0v) is 13.7. The van der Waals surface area contributed by atoms with Gasteiger partial charge in [0.05, 0.1) is 5.25 Å². The summed E-state index contributed by atoms with van der Waals surface area (Å²) >= 11 is 1.41. The zero-order chi connectivity index (χ0) is 15.7. The molecule has 2 heterocycles. The van der Waals surface area contributed by atoms with Crippen LogP contribution in [0.2, 0.25) is 0 Å². The summed E-state index contributed by atoms with van der Waals surface area (Å²) in [6.07, 6.45) is 0.909. The largest absolute Gasteiger partial charge is 0.308 e. The lowest BCUT2D eigenvalue weighted by Gasteiger charge is -2.25. The van der Waals surface area contributed by atoms with Crippen LogP contribution in [-0.2, 0) is 17.8 Å². The first-order valence-electron chi connectivity index (χ1n) is 7.45. The molecule has 1 amide bonds. The second kappa shape index (κ2) is 6.08. The van der Waals surface area contributed by atoms with Gasteiger partial charge < -0.3 is 4.90 Å². The molecule has 6 nitrogen and oxygen atoms in total. The Bertz CT molecular complexity index is 686. The zero-order valence-electron chi connectivity index (χ0n) is 12.9. The minimum atomic E-state index is -0.232. The quantitative estimate of drug-likeness (QED) is 0.809. The molecule has 116 valence electrons. The van der Waals surface area contributed by atoms with E-state index >= 15 is 0 Å². The van der Waals surface area contributed by atoms with Gasteiger partial charge in [0.25, 0.3) is 0 Å². The molecule has 1 aliphatic heterocycles. The molecule has 0 spiro atoms. The van der Waals surface area contributed by atoms with E-state index in [1.54, 1.807) is 4.68 Å². The third-order valence-corrected chi connectivity index (χ3v) is 4.93. The maximum absolute atomic E-state index is 12.9. The predicted molar refractivity (Wildman–Crippen MR) is 85.9 cm³/mol. The average molecular weight is 317 g/mol. The van der Waals surface area contributed by atoms with Gasteiger partial charge in [0.15, 0.2) is 0 Å². The average Bonchev–Trinajstić information content (AvgIpc) is 3.09. The Morgan fingerprint density at radius 2 is 2.23 bits per heavy atom. The number of carbonyl (C=O) groups is 1. The minimum Gasteiger partial charge on any atom is -0.308 e. The molecule has 0 saturated carbocycles. The van der Waals surface area contributed by atoms with Gasteiger partial charge >= 0.3 is 0 Å². The van der Waals surface area contributed by atoms with E-state index < -0.39 is 0 Å². The van der Waals surface area contributed by atoms with Crippen molar-refractivity contribution < 1.29 is 4.79 Å². The van der Waals surface area contributed by atoms with Crippen molar-refractivity contribution in [1.29, 1.82) is 0 Å². The molecule has 0 aliphatic carbocycles. The van der Waals surface area contributed by atoms with Crippen molar-refractivity contribution in [2.45, 2.75) is 50.2 Å². The van der Waals surface area contributed by atoms with E-state index in [9.17, 15) is 4.79 Å². The van der Waals surface area contributed by atoms with Gasteiger partial charge in [0.1, 0.15) is 0 Å². The highest BCUT2D eigenvalue weighted by molar-refractivity contribution is 8.00. The minimum absolute atomic E-state index is 0.105. The number of para-hydroxylation sites is 1. The van der Waals surface area contributed by atoms with Crippen molar-refractivity contribution in [3.05, 3.63) is 29.8 Å². The van der Waals surface area contributed by atoms with E-state index in [1.165, 1.54) is 17.3 Å². The second-order valence-electron chi connectivity index (χ2n) is 5.43. The number of anilines is 1. The lowest BCUT2D eigenvalue weighted by Crippen LogP contribution is -2.40.